The Morgan fingerprint density at radius 3 is 2.52 bits per heavy atom. The van der Waals surface area contributed by atoms with Crippen molar-refractivity contribution in [2.24, 2.45) is 0 Å². The summed E-state index contributed by atoms with van der Waals surface area (Å²) >= 11 is 0. The van der Waals surface area contributed by atoms with Gasteiger partial charge >= 0.3 is 0 Å². The summed E-state index contributed by atoms with van der Waals surface area (Å²) in [5, 5.41) is 0. The van der Waals surface area contributed by atoms with Gasteiger partial charge in [-0.1, -0.05) is 6.92 Å². The first kappa shape index (κ1) is 23.2. The maximum atomic E-state index is 13.3. The third-order valence-electron chi connectivity index (χ3n) is 5.46. The Labute approximate surface area is 175 Å². The summed E-state index contributed by atoms with van der Waals surface area (Å²) < 4.78 is 11.1. The molecule has 1 aromatic rings. The van der Waals surface area contributed by atoms with Crippen LogP contribution in [0.1, 0.15) is 71.2 Å². The summed E-state index contributed by atoms with van der Waals surface area (Å²) in [5.74, 6) is 0.529. The van der Waals surface area contributed by atoms with E-state index in [4.69, 9.17) is 9.47 Å². The molecule has 0 aliphatic carbocycles. The minimum absolute atomic E-state index is 0.0197. The lowest BCUT2D eigenvalue weighted by Gasteiger charge is -2.39. The third-order valence-corrected chi connectivity index (χ3v) is 5.46. The quantitative estimate of drug-likeness (QED) is 0.577. The molecule has 1 aliphatic heterocycles. The fourth-order valence-electron chi connectivity index (χ4n) is 3.73. The van der Waals surface area contributed by atoms with Gasteiger partial charge in [-0.25, -0.2) is 0 Å². The Bertz CT molecular complexity index is 730. The van der Waals surface area contributed by atoms with E-state index in [9.17, 15) is 9.59 Å². The molecule has 0 unspecified atom stereocenters. The van der Waals surface area contributed by atoms with Crippen molar-refractivity contribution >= 4 is 17.5 Å². The lowest BCUT2D eigenvalue weighted by molar-refractivity contribution is -0.132. The zero-order valence-electron chi connectivity index (χ0n) is 18.9. The number of rotatable bonds is 9. The average molecular weight is 405 g/mol. The monoisotopic (exact) mass is 404 g/mol. The van der Waals surface area contributed by atoms with Crippen molar-refractivity contribution in [2.75, 3.05) is 25.2 Å². The van der Waals surface area contributed by atoms with Crippen LogP contribution in [0.3, 0.4) is 0 Å². The van der Waals surface area contributed by atoms with Crippen LogP contribution in [0, 0.1) is 0 Å². The third kappa shape index (κ3) is 5.10. The van der Waals surface area contributed by atoms with E-state index in [1.165, 1.54) is 0 Å². The second kappa shape index (κ2) is 9.61. The topological polar surface area (TPSA) is 59.1 Å². The number of anilines is 1. The molecule has 0 aromatic heterocycles. The van der Waals surface area contributed by atoms with Crippen molar-refractivity contribution in [1.82, 2.24) is 4.90 Å². The molecule has 0 spiro atoms. The minimum atomic E-state index is -0.930. The van der Waals surface area contributed by atoms with Gasteiger partial charge in [-0.05, 0) is 72.1 Å². The van der Waals surface area contributed by atoms with Gasteiger partial charge in [0, 0.05) is 37.9 Å². The number of carbonyl (C=O) groups excluding carboxylic acids is 2. The minimum Gasteiger partial charge on any atom is -0.476 e. The van der Waals surface area contributed by atoms with E-state index in [0.29, 0.717) is 30.2 Å². The highest BCUT2D eigenvalue weighted by molar-refractivity contribution is 6.04. The number of unbranched alkanes of at least 4 members (excludes halogenated alkanes) is 1. The number of methoxy groups -OCH3 is 1. The number of hydrogen-bond donors (Lipinski definition) is 0. The van der Waals surface area contributed by atoms with Crippen LogP contribution in [0.25, 0.3) is 0 Å². The first-order valence-corrected chi connectivity index (χ1v) is 10.6. The van der Waals surface area contributed by atoms with Crippen LogP contribution in [-0.4, -0.2) is 54.7 Å². The number of ether oxygens (including phenoxy) is 2. The Balaban J connectivity index is 2.38. The van der Waals surface area contributed by atoms with E-state index in [1.807, 2.05) is 24.8 Å². The highest BCUT2D eigenvalue weighted by Gasteiger charge is 2.41. The molecule has 0 bridgehead atoms. The molecular formula is C23H36N2O4. The maximum Gasteiger partial charge on any atom is 0.270 e. The van der Waals surface area contributed by atoms with Gasteiger partial charge in [0.1, 0.15) is 5.75 Å². The van der Waals surface area contributed by atoms with Crippen molar-refractivity contribution in [3.8, 4) is 5.75 Å². The molecule has 1 aromatic carbocycles. The van der Waals surface area contributed by atoms with Gasteiger partial charge in [-0.3, -0.25) is 9.59 Å². The van der Waals surface area contributed by atoms with Crippen LogP contribution in [-0.2, 0) is 9.53 Å². The second-order valence-corrected chi connectivity index (χ2v) is 8.52. The van der Waals surface area contributed by atoms with Gasteiger partial charge in [0.15, 0.2) is 5.60 Å². The van der Waals surface area contributed by atoms with Gasteiger partial charge in [-0.15, -0.1) is 0 Å². The number of fused-ring (bicyclic) bond motifs is 1. The summed E-state index contributed by atoms with van der Waals surface area (Å²) in [5.41, 5.74) is 0.321. The number of carbonyl (C=O) groups is 2. The van der Waals surface area contributed by atoms with E-state index in [0.717, 1.165) is 19.3 Å². The first-order chi connectivity index (χ1) is 13.6. The molecule has 2 rings (SSSR count). The summed E-state index contributed by atoms with van der Waals surface area (Å²) in [6, 6.07) is 5.65. The van der Waals surface area contributed by atoms with Gasteiger partial charge < -0.3 is 19.3 Å². The van der Waals surface area contributed by atoms with Crippen molar-refractivity contribution in [3.63, 3.8) is 0 Å². The highest BCUT2D eigenvalue weighted by Crippen LogP contribution is 2.39. The standard InChI is InChI=1S/C23H36N2O4/c1-8-17(4)25(16(2)3)21(26)18-11-12-20-19(15-18)24(13-9-10-14-28-7)22(27)23(5,6)29-20/h11-12,15-17H,8-10,13-14H2,1-7H3/t17-/m1/s1. The lowest BCUT2D eigenvalue weighted by Crippen LogP contribution is -2.53. The van der Waals surface area contributed by atoms with Crippen LogP contribution in [0.4, 0.5) is 5.69 Å². The number of hydrogen-bond acceptors (Lipinski definition) is 4. The summed E-state index contributed by atoms with van der Waals surface area (Å²) in [6.07, 6.45) is 2.57. The molecule has 29 heavy (non-hydrogen) atoms. The molecule has 0 N–H and O–H groups in total. The second-order valence-electron chi connectivity index (χ2n) is 8.52. The first-order valence-electron chi connectivity index (χ1n) is 10.6. The zero-order chi connectivity index (χ0) is 21.8. The van der Waals surface area contributed by atoms with Gasteiger partial charge in [-0.2, -0.15) is 0 Å². The van der Waals surface area contributed by atoms with Crippen LogP contribution in [0.15, 0.2) is 18.2 Å². The molecule has 6 heteroatoms. The lowest BCUT2D eigenvalue weighted by atomic mass is 10.0. The van der Waals surface area contributed by atoms with E-state index in [-0.39, 0.29) is 23.9 Å². The molecule has 1 aliphatic rings. The van der Waals surface area contributed by atoms with Crippen LogP contribution < -0.4 is 9.64 Å². The van der Waals surface area contributed by atoms with E-state index in [1.54, 1.807) is 38.0 Å². The molecule has 6 nitrogen and oxygen atoms in total. The molecule has 1 heterocycles. The molecular weight excluding hydrogens is 368 g/mol. The van der Waals surface area contributed by atoms with Gasteiger partial charge in [0.2, 0.25) is 0 Å². The van der Waals surface area contributed by atoms with Crippen LogP contribution >= 0.6 is 0 Å². The Morgan fingerprint density at radius 1 is 1.24 bits per heavy atom. The zero-order valence-corrected chi connectivity index (χ0v) is 18.9. The average Bonchev–Trinajstić information content (AvgIpc) is 2.66. The van der Waals surface area contributed by atoms with Crippen molar-refractivity contribution < 1.29 is 19.1 Å². The predicted molar refractivity (Wildman–Crippen MR) is 116 cm³/mol. The van der Waals surface area contributed by atoms with Crippen molar-refractivity contribution in [2.45, 2.75) is 78.5 Å². The van der Waals surface area contributed by atoms with Gasteiger partial charge in [0.25, 0.3) is 11.8 Å². The fourth-order valence-corrected chi connectivity index (χ4v) is 3.73. The van der Waals surface area contributed by atoms with E-state index < -0.39 is 5.60 Å². The van der Waals surface area contributed by atoms with Crippen molar-refractivity contribution in [1.29, 1.82) is 0 Å². The van der Waals surface area contributed by atoms with Crippen LogP contribution in [0.2, 0.25) is 0 Å². The Morgan fingerprint density at radius 2 is 1.93 bits per heavy atom. The molecule has 0 saturated heterocycles. The fraction of sp³-hybridized carbons (Fsp3) is 0.652. The predicted octanol–water partition coefficient (Wildman–Crippen LogP) is 4.27. The number of nitrogens with zero attached hydrogens (tertiary/aromatic N) is 2. The molecule has 162 valence electrons. The van der Waals surface area contributed by atoms with Gasteiger partial charge in [0.05, 0.1) is 5.69 Å². The molecule has 0 radical (unpaired) electrons. The molecule has 2 amide bonds. The largest absolute Gasteiger partial charge is 0.476 e. The molecule has 0 fully saturated rings. The number of benzene rings is 1. The summed E-state index contributed by atoms with van der Waals surface area (Å²) in [4.78, 5) is 29.9. The molecule has 1 atom stereocenters. The summed E-state index contributed by atoms with van der Waals surface area (Å²) in [6.45, 7) is 13.0. The SMILES string of the molecule is CC[C@@H](C)N(C(=O)c1ccc2c(c1)N(CCCCOC)C(=O)C(C)(C)O2)C(C)C. The normalized spacial score (nSPS) is 16.4. The Kier molecular flexibility index (Phi) is 7.69. The smallest absolute Gasteiger partial charge is 0.270 e. The maximum absolute atomic E-state index is 13.3. The number of amides is 2. The van der Waals surface area contributed by atoms with E-state index >= 15 is 0 Å². The summed E-state index contributed by atoms with van der Waals surface area (Å²) in [7, 11) is 1.67. The van der Waals surface area contributed by atoms with Crippen molar-refractivity contribution in [3.05, 3.63) is 23.8 Å². The Hall–Kier alpha value is -2.08. The highest BCUT2D eigenvalue weighted by atomic mass is 16.5. The molecule has 0 saturated carbocycles. The van der Waals surface area contributed by atoms with E-state index in [2.05, 4.69) is 13.8 Å². The van der Waals surface area contributed by atoms with Crippen LogP contribution in [0.5, 0.6) is 5.75 Å².